The van der Waals surface area contributed by atoms with Crippen molar-refractivity contribution in [3.63, 3.8) is 0 Å². The summed E-state index contributed by atoms with van der Waals surface area (Å²) in [5.41, 5.74) is 0.893. The number of hydrogen-bond acceptors (Lipinski definition) is 1. The third-order valence-corrected chi connectivity index (χ3v) is 3.33. The first-order valence-electron chi connectivity index (χ1n) is 3.93. The average molecular weight is 193 g/mol. The van der Waals surface area contributed by atoms with E-state index in [1.165, 1.54) is 0 Å². The summed E-state index contributed by atoms with van der Waals surface area (Å²) in [5, 5.41) is 9.62. The molecule has 62 valence electrons. The van der Waals surface area contributed by atoms with Crippen LogP contribution < -0.4 is 0 Å². The van der Waals surface area contributed by atoms with Crippen molar-refractivity contribution in [1.29, 1.82) is 0 Å². The Morgan fingerprint density at radius 1 is 1.36 bits per heavy atom. The van der Waals surface area contributed by atoms with Gasteiger partial charge in [-0.15, -0.1) is 0 Å². The molecule has 2 fully saturated rings. The van der Waals surface area contributed by atoms with Crippen molar-refractivity contribution in [3.05, 3.63) is 10.1 Å². The highest BCUT2D eigenvalue weighted by molar-refractivity contribution is 6.56. The fourth-order valence-corrected chi connectivity index (χ4v) is 2.88. The summed E-state index contributed by atoms with van der Waals surface area (Å²) >= 11 is 11.3. The van der Waals surface area contributed by atoms with E-state index in [4.69, 9.17) is 23.2 Å². The summed E-state index contributed by atoms with van der Waals surface area (Å²) in [6.45, 7) is 0. The lowest BCUT2D eigenvalue weighted by molar-refractivity contribution is 0.154. The first-order chi connectivity index (χ1) is 5.20. The van der Waals surface area contributed by atoms with Crippen LogP contribution in [-0.4, -0.2) is 11.2 Å². The van der Waals surface area contributed by atoms with E-state index in [1.54, 1.807) is 0 Å². The van der Waals surface area contributed by atoms with Gasteiger partial charge in [0, 0.05) is 0 Å². The van der Waals surface area contributed by atoms with Crippen LogP contribution in [0.15, 0.2) is 10.1 Å². The van der Waals surface area contributed by atoms with E-state index in [1.807, 2.05) is 0 Å². The summed E-state index contributed by atoms with van der Waals surface area (Å²) in [7, 11) is 0. The molecule has 0 spiro atoms. The van der Waals surface area contributed by atoms with Gasteiger partial charge in [-0.25, -0.2) is 0 Å². The number of hydrogen-bond donors (Lipinski definition) is 1. The molecule has 0 radical (unpaired) electrons. The predicted octanol–water partition coefficient (Wildman–Crippen LogP) is 2.47. The van der Waals surface area contributed by atoms with E-state index in [9.17, 15) is 5.11 Å². The summed E-state index contributed by atoms with van der Waals surface area (Å²) < 4.78 is 0.296. The second-order valence-electron chi connectivity index (χ2n) is 3.43. The quantitative estimate of drug-likeness (QED) is 0.626. The highest BCUT2D eigenvalue weighted by Gasteiger charge is 2.43. The fourth-order valence-electron chi connectivity index (χ4n) is 2.35. The van der Waals surface area contributed by atoms with E-state index in [0.29, 0.717) is 16.3 Å². The predicted molar refractivity (Wildman–Crippen MR) is 45.6 cm³/mol. The molecular formula is C8H10Cl2O. The minimum Gasteiger partial charge on any atom is -0.388 e. The van der Waals surface area contributed by atoms with Crippen LogP contribution in [0.1, 0.15) is 19.3 Å². The van der Waals surface area contributed by atoms with Gasteiger partial charge in [-0.05, 0) is 36.7 Å². The van der Waals surface area contributed by atoms with Gasteiger partial charge in [0.15, 0.2) is 0 Å². The molecule has 2 rings (SSSR count). The van der Waals surface area contributed by atoms with Crippen LogP contribution in [0.4, 0.5) is 0 Å². The highest BCUT2D eigenvalue weighted by Crippen LogP contribution is 2.50. The first-order valence-corrected chi connectivity index (χ1v) is 4.69. The molecule has 11 heavy (non-hydrogen) atoms. The minimum atomic E-state index is -0.348. The van der Waals surface area contributed by atoms with Gasteiger partial charge in [0.25, 0.3) is 0 Å². The molecule has 2 saturated carbocycles. The minimum absolute atomic E-state index is 0.296. The number of aliphatic hydroxyl groups is 1. The maximum Gasteiger partial charge on any atom is 0.108 e. The maximum absolute atomic E-state index is 9.62. The number of rotatable bonds is 0. The van der Waals surface area contributed by atoms with Crippen molar-refractivity contribution in [2.45, 2.75) is 25.4 Å². The summed E-state index contributed by atoms with van der Waals surface area (Å²) in [6.07, 6.45) is 3.02. The molecule has 0 amide bonds. The van der Waals surface area contributed by atoms with Crippen molar-refractivity contribution >= 4 is 23.2 Å². The van der Waals surface area contributed by atoms with Gasteiger partial charge in [-0.1, -0.05) is 23.2 Å². The molecule has 0 heterocycles. The Morgan fingerprint density at radius 3 is 2.45 bits per heavy atom. The largest absolute Gasteiger partial charge is 0.388 e. The fraction of sp³-hybridized carbons (Fsp3) is 0.750. The van der Waals surface area contributed by atoms with Crippen LogP contribution in [0.3, 0.4) is 0 Å². The van der Waals surface area contributed by atoms with Gasteiger partial charge in [-0.2, -0.15) is 0 Å². The zero-order chi connectivity index (χ0) is 8.01. The molecule has 3 atom stereocenters. The highest BCUT2D eigenvalue weighted by atomic mass is 35.5. The lowest BCUT2D eigenvalue weighted by atomic mass is 9.93. The third-order valence-electron chi connectivity index (χ3n) is 2.90. The molecule has 1 nitrogen and oxygen atoms in total. The Bertz CT molecular complexity index is 204. The topological polar surface area (TPSA) is 20.2 Å². The van der Waals surface area contributed by atoms with Crippen molar-refractivity contribution in [2.75, 3.05) is 0 Å². The van der Waals surface area contributed by atoms with Crippen LogP contribution >= 0.6 is 23.2 Å². The Balaban J connectivity index is 2.31. The Hall–Kier alpha value is 0.280. The first kappa shape index (κ1) is 7.90. The lowest BCUT2D eigenvalue weighted by Crippen LogP contribution is -2.18. The molecule has 3 heteroatoms. The molecule has 2 bridgehead atoms. The van der Waals surface area contributed by atoms with E-state index in [2.05, 4.69) is 0 Å². The molecular weight excluding hydrogens is 183 g/mol. The van der Waals surface area contributed by atoms with Gasteiger partial charge in [0.2, 0.25) is 0 Å². The number of aliphatic hydroxyl groups excluding tert-OH is 1. The number of fused-ring (bicyclic) bond motifs is 2. The monoisotopic (exact) mass is 192 g/mol. The van der Waals surface area contributed by atoms with Gasteiger partial charge in [-0.3, -0.25) is 0 Å². The molecule has 0 aromatic rings. The van der Waals surface area contributed by atoms with Crippen molar-refractivity contribution in [1.82, 2.24) is 0 Å². The van der Waals surface area contributed by atoms with Gasteiger partial charge < -0.3 is 5.11 Å². The summed E-state index contributed by atoms with van der Waals surface area (Å²) in [5.74, 6) is 0.905. The zero-order valence-electron chi connectivity index (χ0n) is 6.06. The molecule has 0 aliphatic heterocycles. The Kier molecular flexibility index (Phi) is 1.90. The normalized spacial score (nSPS) is 41.7. The van der Waals surface area contributed by atoms with Crippen molar-refractivity contribution < 1.29 is 5.11 Å². The van der Waals surface area contributed by atoms with Crippen molar-refractivity contribution in [2.24, 2.45) is 11.8 Å². The third kappa shape index (κ3) is 1.10. The summed E-state index contributed by atoms with van der Waals surface area (Å²) in [4.78, 5) is 0. The van der Waals surface area contributed by atoms with Crippen LogP contribution in [0, 0.1) is 11.8 Å². The lowest BCUT2D eigenvalue weighted by Gasteiger charge is -2.19. The molecule has 1 N–H and O–H groups in total. The molecule has 0 saturated heterocycles. The Morgan fingerprint density at radius 2 is 2.09 bits per heavy atom. The van der Waals surface area contributed by atoms with E-state index in [-0.39, 0.29) is 6.10 Å². The summed E-state index contributed by atoms with van der Waals surface area (Å²) in [6, 6.07) is 0. The van der Waals surface area contributed by atoms with E-state index < -0.39 is 0 Å². The second-order valence-corrected chi connectivity index (χ2v) is 4.38. The van der Waals surface area contributed by atoms with Crippen LogP contribution in [-0.2, 0) is 0 Å². The number of halogens is 2. The molecule has 2 aliphatic carbocycles. The average Bonchev–Trinajstić information content (AvgIpc) is 2.44. The second kappa shape index (κ2) is 2.65. The molecule has 0 aromatic heterocycles. The van der Waals surface area contributed by atoms with E-state index in [0.717, 1.165) is 24.8 Å². The van der Waals surface area contributed by atoms with Gasteiger partial charge in [0.1, 0.15) is 4.49 Å². The van der Waals surface area contributed by atoms with Crippen LogP contribution in [0.2, 0.25) is 0 Å². The zero-order valence-corrected chi connectivity index (χ0v) is 7.57. The van der Waals surface area contributed by atoms with Gasteiger partial charge in [0.05, 0.1) is 6.10 Å². The van der Waals surface area contributed by atoms with E-state index >= 15 is 0 Å². The Labute approximate surface area is 76.0 Å². The van der Waals surface area contributed by atoms with Crippen LogP contribution in [0.25, 0.3) is 0 Å². The molecule has 0 unspecified atom stereocenters. The van der Waals surface area contributed by atoms with Gasteiger partial charge >= 0.3 is 0 Å². The van der Waals surface area contributed by atoms with Crippen LogP contribution in [0.5, 0.6) is 0 Å². The maximum atomic E-state index is 9.62. The molecule has 0 aromatic carbocycles. The standard InChI is InChI=1S/C8H10Cl2O/c9-8(10)6-4-1-2-5(3-4)7(6)11/h4-5,7,11H,1-3H2/t4-,5-,7-/m0/s1. The smallest absolute Gasteiger partial charge is 0.108 e. The van der Waals surface area contributed by atoms with Crippen molar-refractivity contribution in [3.8, 4) is 0 Å². The SMILES string of the molecule is O[C@@H]1C(=C(Cl)Cl)[C@H]2CC[C@H]1C2. The molecule has 2 aliphatic rings.